The molecule has 1 heterocycles. The lowest BCUT2D eigenvalue weighted by atomic mass is 11.0. The monoisotopic (exact) mass is 86.0 g/mol. The van der Waals surface area contributed by atoms with Crippen molar-refractivity contribution in [2.24, 2.45) is 0 Å². The third-order valence-corrected chi connectivity index (χ3v) is 0.250. The predicted molar refractivity (Wildman–Crippen MR) is 21.3 cm³/mol. The van der Waals surface area contributed by atoms with Gasteiger partial charge in [-0.3, -0.25) is 0 Å². The van der Waals surface area contributed by atoms with E-state index in [9.17, 15) is 0 Å². The third kappa shape index (κ3) is 158. The third-order valence-electron chi connectivity index (χ3n) is 0.250. The smallest absolute Gasteiger partial charge is 0.231 e. The first-order valence-electron chi connectivity index (χ1n) is 1.66. The van der Waals surface area contributed by atoms with Crippen molar-refractivity contribution in [3.05, 3.63) is 0 Å². The Hall–Kier alpha value is -0.660. The number of isocyanates is 1. The zero-order chi connectivity index (χ0) is 4.83. The van der Waals surface area contributed by atoms with Crippen molar-refractivity contribution in [2.45, 2.75) is 0 Å². The van der Waals surface area contributed by atoms with Gasteiger partial charge in [-0.1, -0.05) is 0 Å². The molecule has 0 aromatic heterocycles. The van der Waals surface area contributed by atoms with Gasteiger partial charge in [-0.2, -0.15) is 0 Å². The Morgan fingerprint density at radius 1 is 1.67 bits per heavy atom. The molecule has 0 spiro atoms. The van der Waals surface area contributed by atoms with E-state index in [0.717, 1.165) is 6.08 Å². The van der Waals surface area contributed by atoms with Crippen LogP contribution < -0.4 is 5.32 Å². The number of hydrogen-bond acceptors (Lipinski definition) is 3. The normalized spacial score (nSPS) is 13.3. The second-order valence-corrected chi connectivity index (χ2v) is 0.852. The Morgan fingerprint density at radius 3 is 1.83 bits per heavy atom. The molecule has 3 nitrogen and oxygen atoms in total. The summed E-state index contributed by atoms with van der Waals surface area (Å²) in [6.45, 7) is 2.50. The van der Waals surface area contributed by atoms with Crippen LogP contribution in [0.15, 0.2) is 0 Å². The van der Waals surface area contributed by atoms with Gasteiger partial charge in [0.2, 0.25) is 6.08 Å². The molecule has 3 heteroatoms. The molecule has 0 atom stereocenters. The standard InChI is InChI=1S/C2H5N.CHNO/c1-2-3-1;2-1-3/h3H,1-2H2;2H. The van der Waals surface area contributed by atoms with Crippen LogP contribution in [0.5, 0.6) is 0 Å². The van der Waals surface area contributed by atoms with E-state index in [-0.39, 0.29) is 0 Å². The molecule has 2 N–H and O–H groups in total. The Labute approximate surface area is 35.9 Å². The first kappa shape index (κ1) is 5.34. The highest BCUT2D eigenvalue weighted by Crippen LogP contribution is 1.65. The van der Waals surface area contributed by atoms with Crippen LogP contribution in [0.3, 0.4) is 0 Å². The molecular weight excluding hydrogens is 80.0 g/mol. The van der Waals surface area contributed by atoms with Gasteiger partial charge in [0.1, 0.15) is 0 Å². The van der Waals surface area contributed by atoms with Crippen molar-refractivity contribution in [1.82, 2.24) is 5.32 Å². The van der Waals surface area contributed by atoms with Gasteiger partial charge < -0.3 is 5.32 Å². The fourth-order valence-electron chi connectivity index (χ4n) is 0. The summed E-state index contributed by atoms with van der Waals surface area (Å²) < 4.78 is 0. The van der Waals surface area contributed by atoms with E-state index in [1.807, 2.05) is 0 Å². The molecule has 34 valence electrons. The summed E-state index contributed by atoms with van der Waals surface area (Å²) in [6, 6.07) is 0. The van der Waals surface area contributed by atoms with Gasteiger partial charge in [-0.25, -0.2) is 10.2 Å². The van der Waals surface area contributed by atoms with E-state index in [4.69, 9.17) is 10.2 Å². The lowest BCUT2D eigenvalue weighted by Crippen LogP contribution is -1.56. The summed E-state index contributed by atoms with van der Waals surface area (Å²) in [5, 5.41) is 8.40. The van der Waals surface area contributed by atoms with Crippen LogP contribution in [-0.4, -0.2) is 19.2 Å². The fourth-order valence-corrected chi connectivity index (χ4v) is 0. The highest BCUT2D eigenvalue weighted by atomic mass is 16.1. The Kier molecular flexibility index (Phi) is 3.86. The Bertz CT molecular complexity index is 51.1. The largest absolute Gasteiger partial charge is 0.314 e. The molecule has 1 saturated heterocycles. The minimum Gasteiger partial charge on any atom is -0.314 e. The zero-order valence-electron chi connectivity index (χ0n) is 3.32. The first-order valence-corrected chi connectivity index (χ1v) is 1.66. The summed E-state index contributed by atoms with van der Waals surface area (Å²) in [5.74, 6) is 0. The number of hydrogen-bond donors (Lipinski definition) is 2. The summed E-state index contributed by atoms with van der Waals surface area (Å²) in [4.78, 5) is 8.35. The molecule has 1 aliphatic rings. The fraction of sp³-hybridized carbons (Fsp3) is 0.667. The maximum atomic E-state index is 8.35. The number of carbonyl (C=O) groups excluding carboxylic acids is 1. The van der Waals surface area contributed by atoms with Crippen LogP contribution in [0.2, 0.25) is 0 Å². The highest BCUT2D eigenvalue weighted by molar-refractivity contribution is 5.26. The van der Waals surface area contributed by atoms with Crippen LogP contribution in [-0.2, 0) is 4.79 Å². The second kappa shape index (κ2) is 4.34. The van der Waals surface area contributed by atoms with Crippen LogP contribution in [0.4, 0.5) is 0 Å². The highest BCUT2D eigenvalue weighted by Gasteiger charge is 1.91. The summed E-state index contributed by atoms with van der Waals surface area (Å²) in [7, 11) is 0. The van der Waals surface area contributed by atoms with Crippen LogP contribution in [0, 0.1) is 5.41 Å². The van der Waals surface area contributed by atoms with Crippen molar-refractivity contribution in [3.8, 4) is 0 Å². The lowest BCUT2D eigenvalue weighted by Gasteiger charge is -1.21. The van der Waals surface area contributed by atoms with E-state index in [2.05, 4.69) is 5.32 Å². The predicted octanol–water partition coefficient (Wildman–Crippen LogP) is -0.509. The van der Waals surface area contributed by atoms with Gasteiger partial charge in [0.25, 0.3) is 0 Å². The molecular formula is C3H6N2O. The maximum Gasteiger partial charge on any atom is 0.231 e. The molecule has 0 amide bonds. The van der Waals surface area contributed by atoms with Gasteiger partial charge >= 0.3 is 0 Å². The lowest BCUT2D eigenvalue weighted by molar-refractivity contribution is 0.563. The van der Waals surface area contributed by atoms with Gasteiger partial charge in [-0.05, 0) is 0 Å². The van der Waals surface area contributed by atoms with E-state index >= 15 is 0 Å². The minimum absolute atomic E-state index is 0.750. The van der Waals surface area contributed by atoms with Crippen LogP contribution in [0.25, 0.3) is 0 Å². The topological polar surface area (TPSA) is 62.9 Å². The van der Waals surface area contributed by atoms with Gasteiger partial charge in [-0.15, -0.1) is 0 Å². The van der Waals surface area contributed by atoms with Crippen molar-refractivity contribution in [1.29, 1.82) is 5.41 Å². The molecule has 0 bridgehead atoms. The number of rotatable bonds is 0. The van der Waals surface area contributed by atoms with E-state index in [0.29, 0.717) is 0 Å². The number of nitrogens with one attached hydrogen (secondary N) is 2. The zero-order valence-corrected chi connectivity index (χ0v) is 3.32. The Balaban J connectivity index is 0.0000000833. The van der Waals surface area contributed by atoms with Crippen molar-refractivity contribution < 1.29 is 4.79 Å². The molecule has 1 fully saturated rings. The van der Waals surface area contributed by atoms with E-state index in [1.165, 1.54) is 13.1 Å². The van der Waals surface area contributed by atoms with Gasteiger partial charge in [0, 0.05) is 13.1 Å². The van der Waals surface area contributed by atoms with Crippen molar-refractivity contribution in [3.63, 3.8) is 0 Å². The quantitative estimate of drug-likeness (QED) is 0.237. The average Bonchev–Trinajstić information content (AvgIpc) is 2.11. The van der Waals surface area contributed by atoms with Gasteiger partial charge in [0.15, 0.2) is 0 Å². The summed E-state index contributed by atoms with van der Waals surface area (Å²) >= 11 is 0. The van der Waals surface area contributed by atoms with Crippen LogP contribution in [0.1, 0.15) is 0 Å². The molecule has 0 aromatic carbocycles. The van der Waals surface area contributed by atoms with Crippen molar-refractivity contribution in [2.75, 3.05) is 13.1 Å². The van der Waals surface area contributed by atoms with Crippen molar-refractivity contribution >= 4 is 6.08 Å². The maximum absolute atomic E-state index is 8.35. The van der Waals surface area contributed by atoms with Crippen LogP contribution >= 0.6 is 0 Å². The van der Waals surface area contributed by atoms with E-state index < -0.39 is 0 Å². The molecule has 0 aliphatic carbocycles. The molecule has 0 unspecified atom stereocenters. The molecule has 1 aliphatic heterocycles. The molecule has 0 saturated carbocycles. The molecule has 1 rings (SSSR count). The summed E-state index contributed by atoms with van der Waals surface area (Å²) in [5.41, 5.74) is 0. The SMILES string of the molecule is C1CN1.N=C=O. The molecule has 6 heavy (non-hydrogen) atoms. The molecule has 0 radical (unpaired) electrons. The second-order valence-electron chi connectivity index (χ2n) is 0.852. The Morgan fingerprint density at radius 2 is 1.83 bits per heavy atom. The molecule has 0 aromatic rings. The summed E-state index contributed by atoms with van der Waals surface area (Å²) in [6.07, 6.45) is 0.750. The van der Waals surface area contributed by atoms with E-state index in [1.54, 1.807) is 0 Å². The average molecular weight is 86.1 g/mol. The van der Waals surface area contributed by atoms with Gasteiger partial charge in [0.05, 0.1) is 0 Å². The first-order chi connectivity index (χ1) is 2.91. The minimum atomic E-state index is 0.750.